The number of anilines is 3. The van der Waals surface area contributed by atoms with Gasteiger partial charge in [0.15, 0.2) is 0 Å². The third-order valence-corrected chi connectivity index (χ3v) is 4.83. The monoisotopic (exact) mass is 413 g/mol. The summed E-state index contributed by atoms with van der Waals surface area (Å²) in [6.07, 6.45) is 0. The molecule has 1 heterocycles. The molecule has 4 nitrogen and oxygen atoms in total. The first kappa shape index (κ1) is 20.1. The lowest BCUT2D eigenvalue weighted by Gasteiger charge is -2.16. The Hall–Kier alpha value is -2.69. The van der Waals surface area contributed by atoms with Gasteiger partial charge in [-0.15, -0.1) is 12.4 Å². The minimum atomic E-state index is 0. The summed E-state index contributed by atoms with van der Waals surface area (Å²) in [5, 5.41) is 6.25. The molecule has 0 aliphatic heterocycles. The molecule has 0 aliphatic carbocycles. The van der Waals surface area contributed by atoms with Crippen LogP contribution in [0.4, 0.5) is 17.1 Å². The molecule has 0 saturated heterocycles. The van der Waals surface area contributed by atoms with Gasteiger partial charge in [0.1, 0.15) is 5.75 Å². The first-order valence-corrected chi connectivity index (χ1v) is 9.04. The molecular formula is C22H21Cl2N3O. The van der Waals surface area contributed by atoms with Crippen LogP contribution in [0.15, 0.2) is 60.7 Å². The third-order valence-electron chi connectivity index (χ3n) is 4.60. The Kier molecular flexibility index (Phi) is 5.82. The second kappa shape index (κ2) is 8.13. The average Bonchev–Trinajstić information content (AvgIpc) is 2.67. The highest BCUT2D eigenvalue weighted by Gasteiger charge is 2.11. The smallest absolute Gasteiger partial charge is 0.119 e. The Morgan fingerprint density at radius 3 is 2.32 bits per heavy atom. The summed E-state index contributed by atoms with van der Waals surface area (Å²) >= 11 is 6.19. The molecule has 0 unspecified atom stereocenters. The van der Waals surface area contributed by atoms with E-state index in [1.54, 1.807) is 7.11 Å². The number of hydrogen-bond donors (Lipinski definition) is 1. The van der Waals surface area contributed by atoms with E-state index in [4.69, 9.17) is 21.3 Å². The number of pyridine rings is 1. The van der Waals surface area contributed by atoms with E-state index in [2.05, 4.69) is 34.5 Å². The van der Waals surface area contributed by atoms with Crippen LogP contribution in [-0.2, 0) is 0 Å². The number of ether oxygens (including phenoxy) is 1. The molecule has 0 amide bonds. The van der Waals surface area contributed by atoms with E-state index < -0.39 is 0 Å². The zero-order valence-corrected chi connectivity index (χ0v) is 17.4. The SMILES string of the molecule is COc1ccc2nc3cc(Cl)ccc3c(Nc3ccc(N(C)C)cc3)c2c1.Cl. The summed E-state index contributed by atoms with van der Waals surface area (Å²) in [7, 11) is 5.73. The van der Waals surface area contributed by atoms with Crippen molar-refractivity contribution in [3.63, 3.8) is 0 Å². The van der Waals surface area contributed by atoms with Crippen LogP contribution < -0.4 is 15.0 Å². The van der Waals surface area contributed by atoms with Gasteiger partial charge < -0.3 is 15.0 Å². The number of nitrogens with one attached hydrogen (secondary N) is 1. The predicted octanol–water partition coefficient (Wildman–Crippen LogP) is 6.28. The van der Waals surface area contributed by atoms with E-state index in [0.29, 0.717) is 5.02 Å². The van der Waals surface area contributed by atoms with Gasteiger partial charge >= 0.3 is 0 Å². The number of fused-ring (bicyclic) bond motifs is 2. The fourth-order valence-electron chi connectivity index (χ4n) is 3.15. The molecule has 3 aromatic carbocycles. The molecule has 4 aromatic rings. The molecule has 0 aliphatic rings. The van der Waals surface area contributed by atoms with Gasteiger partial charge in [-0.05, 0) is 60.7 Å². The highest BCUT2D eigenvalue weighted by Crippen LogP contribution is 2.36. The Morgan fingerprint density at radius 2 is 1.64 bits per heavy atom. The first-order valence-electron chi connectivity index (χ1n) is 8.66. The largest absolute Gasteiger partial charge is 0.497 e. The molecule has 0 radical (unpaired) electrons. The van der Waals surface area contributed by atoms with Gasteiger partial charge in [-0.1, -0.05) is 11.6 Å². The van der Waals surface area contributed by atoms with Crippen molar-refractivity contribution in [2.45, 2.75) is 0 Å². The van der Waals surface area contributed by atoms with Crippen molar-refractivity contribution in [3.8, 4) is 5.75 Å². The lowest BCUT2D eigenvalue weighted by Crippen LogP contribution is -2.08. The Bertz CT molecular complexity index is 1130. The maximum Gasteiger partial charge on any atom is 0.119 e. The number of benzene rings is 3. The Labute approximate surface area is 175 Å². The van der Waals surface area contributed by atoms with E-state index in [9.17, 15) is 0 Å². The van der Waals surface area contributed by atoms with E-state index in [-0.39, 0.29) is 12.4 Å². The summed E-state index contributed by atoms with van der Waals surface area (Å²) in [5.74, 6) is 0.795. The van der Waals surface area contributed by atoms with Crippen molar-refractivity contribution >= 4 is 62.9 Å². The number of hydrogen-bond acceptors (Lipinski definition) is 4. The number of methoxy groups -OCH3 is 1. The highest BCUT2D eigenvalue weighted by molar-refractivity contribution is 6.31. The maximum atomic E-state index is 6.19. The number of rotatable bonds is 4. The second-order valence-corrected chi connectivity index (χ2v) is 7.03. The van der Waals surface area contributed by atoms with Crippen LogP contribution >= 0.6 is 24.0 Å². The number of halogens is 2. The summed E-state index contributed by atoms with van der Waals surface area (Å²) in [5.41, 5.74) is 4.89. The van der Waals surface area contributed by atoms with Gasteiger partial charge in [0.2, 0.25) is 0 Å². The molecular weight excluding hydrogens is 393 g/mol. The minimum absolute atomic E-state index is 0. The average molecular weight is 414 g/mol. The van der Waals surface area contributed by atoms with Gasteiger partial charge in [-0.3, -0.25) is 0 Å². The molecule has 1 aromatic heterocycles. The van der Waals surface area contributed by atoms with Gasteiger partial charge in [-0.25, -0.2) is 4.98 Å². The topological polar surface area (TPSA) is 37.4 Å². The maximum absolute atomic E-state index is 6.19. The normalized spacial score (nSPS) is 10.6. The molecule has 1 N–H and O–H groups in total. The van der Waals surface area contributed by atoms with Crippen LogP contribution in [0.3, 0.4) is 0 Å². The quantitative estimate of drug-likeness (QED) is 0.399. The van der Waals surface area contributed by atoms with Crippen LogP contribution in [0.25, 0.3) is 21.8 Å². The van der Waals surface area contributed by atoms with Crippen LogP contribution in [-0.4, -0.2) is 26.2 Å². The zero-order chi connectivity index (χ0) is 19.0. The molecule has 144 valence electrons. The van der Waals surface area contributed by atoms with E-state index >= 15 is 0 Å². The van der Waals surface area contributed by atoms with Crippen LogP contribution in [0.1, 0.15) is 0 Å². The Balaban J connectivity index is 0.00000225. The van der Waals surface area contributed by atoms with Gasteiger partial charge in [0, 0.05) is 41.3 Å². The molecule has 0 atom stereocenters. The highest BCUT2D eigenvalue weighted by atomic mass is 35.5. The van der Waals surface area contributed by atoms with Gasteiger partial charge in [0.25, 0.3) is 0 Å². The number of nitrogens with zero attached hydrogens (tertiary/aromatic N) is 2. The van der Waals surface area contributed by atoms with E-state index in [1.807, 2.05) is 50.5 Å². The van der Waals surface area contributed by atoms with Crippen molar-refractivity contribution < 1.29 is 4.74 Å². The summed E-state index contributed by atoms with van der Waals surface area (Å²) < 4.78 is 5.42. The predicted molar refractivity (Wildman–Crippen MR) is 122 cm³/mol. The zero-order valence-electron chi connectivity index (χ0n) is 15.9. The fourth-order valence-corrected chi connectivity index (χ4v) is 3.31. The summed E-state index contributed by atoms with van der Waals surface area (Å²) in [6.45, 7) is 0. The van der Waals surface area contributed by atoms with Crippen LogP contribution in [0.5, 0.6) is 5.75 Å². The minimum Gasteiger partial charge on any atom is -0.497 e. The second-order valence-electron chi connectivity index (χ2n) is 6.60. The summed E-state index contributed by atoms with van der Waals surface area (Å²) in [6, 6.07) is 20.0. The molecule has 0 saturated carbocycles. The van der Waals surface area contributed by atoms with Crippen molar-refractivity contribution in [3.05, 3.63) is 65.7 Å². The molecule has 0 fully saturated rings. The molecule has 4 rings (SSSR count). The lowest BCUT2D eigenvalue weighted by molar-refractivity contribution is 0.415. The Morgan fingerprint density at radius 1 is 0.893 bits per heavy atom. The van der Waals surface area contributed by atoms with E-state index in [1.165, 1.54) is 0 Å². The fraction of sp³-hybridized carbons (Fsp3) is 0.136. The molecule has 0 bridgehead atoms. The van der Waals surface area contributed by atoms with Gasteiger partial charge in [0.05, 0.1) is 23.8 Å². The third kappa shape index (κ3) is 3.79. The van der Waals surface area contributed by atoms with Crippen molar-refractivity contribution in [2.75, 3.05) is 31.4 Å². The first-order chi connectivity index (χ1) is 13.0. The standard InChI is InChI=1S/C22H20ClN3O.ClH/c1-26(2)16-7-5-15(6-8-16)24-22-18-10-4-14(23)12-21(18)25-20-11-9-17(27-3)13-19(20)22;/h4-13H,1-3H3,(H,24,25);1H. The molecule has 6 heteroatoms. The van der Waals surface area contributed by atoms with E-state index in [0.717, 1.165) is 44.6 Å². The van der Waals surface area contributed by atoms with Crippen molar-refractivity contribution in [1.29, 1.82) is 0 Å². The van der Waals surface area contributed by atoms with Crippen molar-refractivity contribution in [2.24, 2.45) is 0 Å². The van der Waals surface area contributed by atoms with Crippen LogP contribution in [0, 0.1) is 0 Å². The van der Waals surface area contributed by atoms with Crippen LogP contribution in [0.2, 0.25) is 5.02 Å². The summed E-state index contributed by atoms with van der Waals surface area (Å²) in [4.78, 5) is 6.84. The number of aromatic nitrogens is 1. The van der Waals surface area contributed by atoms with Crippen molar-refractivity contribution in [1.82, 2.24) is 4.98 Å². The molecule has 28 heavy (non-hydrogen) atoms. The van der Waals surface area contributed by atoms with Gasteiger partial charge in [-0.2, -0.15) is 0 Å². The molecule has 0 spiro atoms. The lowest BCUT2D eigenvalue weighted by atomic mass is 10.1.